The van der Waals surface area contributed by atoms with Gasteiger partial charge in [-0.15, -0.1) is 5.10 Å². The zero-order chi connectivity index (χ0) is 21.8. The monoisotopic (exact) mass is 425 g/mol. The Morgan fingerprint density at radius 3 is 2.75 bits per heavy atom. The number of pyridine rings is 1. The van der Waals surface area contributed by atoms with Crippen LogP contribution in [0.4, 0.5) is 5.69 Å². The van der Waals surface area contributed by atoms with Crippen molar-refractivity contribution in [2.75, 3.05) is 5.32 Å². The maximum atomic E-state index is 12.5. The molecule has 0 aliphatic rings. The molecule has 1 amide bonds. The van der Waals surface area contributed by atoms with E-state index in [1.807, 2.05) is 77.5 Å². The fraction of sp³-hybridized carbons (Fsp3) is 0.0870. The van der Waals surface area contributed by atoms with Crippen LogP contribution in [0.3, 0.4) is 0 Å². The van der Waals surface area contributed by atoms with Gasteiger partial charge in [-0.1, -0.05) is 24.3 Å². The molecule has 3 heterocycles. The van der Waals surface area contributed by atoms with Crippen molar-refractivity contribution in [2.24, 2.45) is 0 Å². The Labute approximate surface area is 183 Å². The molecule has 3 aromatic heterocycles. The number of nitrogens with zero attached hydrogens (tertiary/aromatic N) is 6. The highest BCUT2D eigenvalue weighted by molar-refractivity contribution is 5.92. The second-order valence-electron chi connectivity index (χ2n) is 7.16. The quantitative estimate of drug-likeness (QED) is 0.430. The average molecular weight is 425 g/mol. The van der Waals surface area contributed by atoms with E-state index in [0.29, 0.717) is 18.0 Å². The number of imidazole rings is 1. The molecular weight excluding hydrogens is 406 g/mol. The molecule has 5 aromatic rings. The van der Waals surface area contributed by atoms with Crippen LogP contribution in [0.2, 0.25) is 0 Å². The summed E-state index contributed by atoms with van der Waals surface area (Å²) in [5.74, 6) is 0.545. The number of hydrogen-bond donors (Lipinski definition) is 1. The Bertz CT molecular complexity index is 1310. The van der Waals surface area contributed by atoms with Crippen LogP contribution in [0.1, 0.15) is 11.3 Å². The largest absolute Gasteiger partial charge is 0.487 e. The Morgan fingerprint density at radius 1 is 1.03 bits per heavy atom. The summed E-state index contributed by atoms with van der Waals surface area (Å²) in [7, 11) is 0. The molecule has 0 radical (unpaired) electrons. The van der Waals surface area contributed by atoms with E-state index in [-0.39, 0.29) is 12.3 Å². The van der Waals surface area contributed by atoms with Gasteiger partial charge in [0.05, 0.1) is 17.8 Å². The summed E-state index contributed by atoms with van der Waals surface area (Å²) in [6, 6.07) is 20.7. The maximum Gasteiger partial charge on any atom is 0.228 e. The molecule has 0 saturated carbocycles. The van der Waals surface area contributed by atoms with Gasteiger partial charge in [-0.25, -0.2) is 9.67 Å². The van der Waals surface area contributed by atoms with Crippen molar-refractivity contribution in [3.8, 4) is 11.4 Å². The van der Waals surface area contributed by atoms with E-state index in [9.17, 15) is 4.79 Å². The average Bonchev–Trinajstić information content (AvgIpc) is 3.48. The molecule has 0 aliphatic heterocycles. The number of aromatic nitrogens is 6. The number of carbonyl (C=O) groups excluding carboxylic acids is 1. The Hall–Kier alpha value is -4.53. The number of rotatable bonds is 7. The minimum atomic E-state index is -0.113. The van der Waals surface area contributed by atoms with Crippen molar-refractivity contribution in [1.82, 2.24) is 29.6 Å². The topological polar surface area (TPSA) is 99.2 Å². The Kier molecular flexibility index (Phi) is 5.27. The highest BCUT2D eigenvalue weighted by Gasteiger charge is 2.07. The third kappa shape index (κ3) is 4.46. The van der Waals surface area contributed by atoms with Gasteiger partial charge >= 0.3 is 0 Å². The van der Waals surface area contributed by atoms with Crippen LogP contribution in [0.5, 0.6) is 5.75 Å². The van der Waals surface area contributed by atoms with E-state index < -0.39 is 0 Å². The first-order valence-electron chi connectivity index (χ1n) is 10.0. The van der Waals surface area contributed by atoms with E-state index in [0.717, 1.165) is 22.6 Å². The lowest BCUT2D eigenvalue weighted by molar-refractivity contribution is -0.115. The van der Waals surface area contributed by atoms with Crippen molar-refractivity contribution < 1.29 is 9.53 Å². The fourth-order valence-corrected chi connectivity index (χ4v) is 3.31. The second-order valence-corrected chi connectivity index (χ2v) is 7.16. The lowest BCUT2D eigenvalue weighted by Gasteiger charge is -2.09. The van der Waals surface area contributed by atoms with Crippen molar-refractivity contribution in [2.45, 2.75) is 13.0 Å². The molecule has 0 bridgehead atoms. The summed E-state index contributed by atoms with van der Waals surface area (Å²) >= 11 is 0. The predicted octanol–water partition coefficient (Wildman–Crippen LogP) is 3.07. The predicted molar refractivity (Wildman–Crippen MR) is 117 cm³/mol. The van der Waals surface area contributed by atoms with Gasteiger partial charge in [0.15, 0.2) is 0 Å². The van der Waals surface area contributed by atoms with Crippen molar-refractivity contribution in [1.29, 1.82) is 0 Å². The van der Waals surface area contributed by atoms with Crippen LogP contribution in [-0.2, 0) is 17.8 Å². The summed E-state index contributed by atoms with van der Waals surface area (Å²) in [4.78, 5) is 17.0. The fourth-order valence-electron chi connectivity index (χ4n) is 3.31. The molecule has 2 aromatic carbocycles. The number of fused-ring (bicyclic) bond motifs is 1. The third-order valence-corrected chi connectivity index (χ3v) is 4.83. The number of ether oxygens (including phenoxy) is 1. The first-order valence-corrected chi connectivity index (χ1v) is 10.0. The van der Waals surface area contributed by atoms with Crippen molar-refractivity contribution >= 4 is 17.2 Å². The van der Waals surface area contributed by atoms with Crippen LogP contribution in [0, 0.1) is 0 Å². The van der Waals surface area contributed by atoms with Gasteiger partial charge < -0.3 is 14.5 Å². The second kappa shape index (κ2) is 8.68. The molecule has 32 heavy (non-hydrogen) atoms. The third-order valence-electron chi connectivity index (χ3n) is 4.83. The molecule has 0 spiro atoms. The minimum absolute atomic E-state index is 0.113. The molecule has 0 unspecified atom stereocenters. The molecule has 158 valence electrons. The number of nitrogens with one attached hydrogen (secondary N) is 1. The van der Waals surface area contributed by atoms with Gasteiger partial charge in [-0.3, -0.25) is 4.79 Å². The Morgan fingerprint density at radius 2 is 1.94 bits per heavy atom. The van der Waals surface area contributed by atoms with E-state index in [1.165, 1.54) is 6.33 Å². The molecule has 0 aliphatic carbocycles. The Balaban J connectivity index is 1.18. The van der Waals surface area contributed by atoms with Crippen LogP contribution >= 0.6 is 0 Å². The summed E-state index contributed by atoms with van der Waals surface area (Å²) < 4.78 is 9.37. The lowest BCUT2D eigenvalue weighted by Crippen LogP contribution is -2.14. The molecule has 1 N–H and O–H groups in total. The standard InChI is InChI=1S/C23H19N7O2/c31-23(12-17-7-9-20(10-8-17)30-16-24-27-28-30)26-18-4-3-5-21(13-18)32-15-19-14-29-11-2-1-6-22(29)25-19/h1-11,13-14,16H,12,15H2,(H,26,31). The summed E-state index contributed by atoms with van der Waals surface area (Å²) in [6.07, 6.45) is 5.65. The first-order chi connectivity index (χ1) is 15.7. The molecule has 0 fully saturated rings. The van der Waals surface area contributed by atoms with E-state index in [2.05, 4.69) is 25.8 Å². The molecule has 0 saturated heterocycles. The highest BCUT2D eigenvalue weighted by Crippen LogP contribution is 2.19. The van der Waals surface area contributed by atoms with Gasteiger partial charge in [0.1, 0.15) is 24.3 Å². The van der Waals surface area contributed by atoms with Crippen molar-refractivity contribution in [3.05, 3.63) is 96.7 Å². The lowest BCUT2D eigenvalue weighted by atomic mass is 10.1. The van der Waals surface area contributed by atoms with Gasteiger partial charge in [0, 0.05) is 24.1 Å². The van der Waals surface area contributed by atoms with E-state index >= 15 is 0 Å². The van der Waals surface area contributed by atoms with E-state index in [1.54, 1.807) is 10.7 Å². The van der Waals surface area contributed by atoms with Gasteiger partial charge in [0.2, 0.25) is 5.91 Å². The number of tetrazole rings is 1. The maximum absolute atomic E-state index is 12.5. The zero-order valence-electron chi connectivity index (χ0n) is 17.0. The van der Waals surface area contributed by atoms with Gasteiger partial charge in [0.25, 0.3) is 0 Å². The molecule has 0 atom stereocenters. The number of benzene rings is 2. The smallest absolute Gasteiger partial charge is 0.228 e. The zero-order valence-corrected chi connectivity index (χ0v) is 17.0. The van der Waals surface area contributed by atoms with Crippen LogP contribution < -0.4 is 10.1 Å². The highest BCUT2D eigenvalue weighted by atomic mass is 16.5. The molecule has 9 heteroatoms. The van der Waals surface area contributed by atoms with Crippen LogP contribution in [0.25, 0.3) is 11.3 Å². The number of anilines is 1. The number of hydrogen-bond acceptors (Lipinski definition) is 6. The number of carbonyl (C=O) groups is 1. The summed E-state index contributed by atoms with van der Waals surface area (Å²) in [5.41, 5.74) is 4.09. The van der Waals surface area contributed by atoms with Crippen LogP contribution in [0.15, 0.2) is 85.5 Å². The number of amides is 1. The van der Waals surface area contributed by atoms with Crippen molar-refractivity contribution in [3.63, 3.8) is 0 Å². The molecular formula is C23H19N7O2. The molecule has 5 rings (SSSR count). The summed E-state index contributed by atoms with van der Waals surface area (Å²) in [6.45, 7) is 0.340. The van der Waals surface area contributed by atoms with Gasteiger partial charge in [-0.2, -0.15) is 0 Å². The summed E-state index contributed by atoms with van der Waals surface area (Å²) in [5, 5.41) is 14.0. The van der Waals surface area contributed by atoms with Gasteiger partial charge in [-0.05, 0) is 52.4 Å². The SMILES string of the molecule is O=C(Cc1ccc(-n2cnnn2)cc1)Nc1cccc(OCc2cn3ccccc3n2)c1. The van der Waals surface area contributed by atoms with E-state index in [4.69, 9.17) is 4.74 Å². The molecule has 9 nitrogen and oxygen atoms in total. The first kappa shape index (κ1) is 19.4. The minimum Gasteiger partial charge on any atom is -0.487 e. The van der Waals surface area contributed by atoms with Crippen LogP contribution in [-0.4, -0.2) is 35.5 Å². The normalized spacial score (nSPS) is 10.9.